The number of methoxy groups -OCH3 is 1. The number of ether oxygens (including phenoxy) is 1. The molecule has 2 unspecified atom stereocenters. The summed E-state index contributed by atoms with van der Waals surface area (Å²) >= 11 is 0. The average molecular weight is 240 g/mol. The first-order chi connectivity index (χ1) is 8.00. The van der Waals surface area contributed by atoms with E-state index in [2.05, 4.69) is 6.92 Å². The molecule has 2 atom stereocenters. The van der Waals surface area contributed by atoms with Crippen molar-refractivity contribution in [3.05, 3.63) is 35.6 Å². The Kier molecular flexibility index (Phi) is 5.09. The molecule has 0 saturated carbocycles. The number of halogens is 1. The fourth-order valence-electron chi connectivity index (χ4n) is 2.17. The van der Waals surface area contributed by atoms with Crippen molar-refractivity contribution in [2.75, 3.05) is 20.3 Å². The van der Waals surface area contributed by atoms with Gasteiger partial charge in [0.05, 0.1) is 13.2 Å². The first-order valence-electron chi connectivity index (χ1n) is 5.86. The van der Waals surface area contributed by atoms with Crippen LogP contribution in [0.25, 0.3) is 0 Å². The number of benzene rings is 1. The Hall–Kier alpha value is -0.930. The summed E-state index contributed by atoms with van der Waals surface area (Å²) in [5.74, 6) is 0.0469. The number of rotatable bonds is 6. The molecule has 0 spiro atoms. The van der Waals surface area contributed by atoms with Gasteiger partial charge in [0.2, 0.25) is 0 Å². The Balaban J connectivity index is 2.70. The van der Waals surface area contributed by atoms with Gasteiger partial charge in [-0.3, -0.25) is 0 Å². The van der Waals surface area contributed by atoms with Crippen molar-refractivity contribution in [2.45, 2.75) is 26.2 Å². The van der Waals surface area contributed by atoms with E-state index in [0.29, 0.717) is 6.61 Å². The number of hydrogen-bond acceptors (Lipinski definition) is 2. The molecule has 0 amide bonds. The molecule has 1 N–H and O–H groups in total. The van der Waals surface area contributed by atoms with Gasteiger partial charge in [-0.05, 0) is 30.0 Å². The second kappa shape index (κ2) is 6.12. The van der Waals surface area contributed by atoms with Crippen LogP contribution < -0.4 is 0 Å². The maximum atomic E-state index is 12.8. The molecule has 0 saturated heterocycles. The quantitative estimate of drug-likeness (QED) is 0.828. The lowest BCUT2D eigenvalue weighted by Gasteiger charge is -2.29. The van der Waals surface area contributed by atoms with Crippen LogP contribution in [-0.2, 0) is 4.74 Å². The Bertz CT molecular complexity index is 337. The largest absolute Gasteiger partial charge is 0.396 e. The molecule has 1 aromatic carbocycles. The molecule has 0 aliphatic carbocycles. The van der Waals surface area contributed by atoms with Crippen LogP contribution in [0.2, 0.25) is 0 Å². The maximum Gasteiger partial charge on any atom is 0.123 e. The monoisotopic (exact) mass is 240 g/mol. The predicted molar refractivity (Wildman–Crippen MR) is 66.5 cm³/mol. The summed E-state index contributed by atoms with van der Waals surface area (Å²) in [7, 11) is 1.64. The molecule has 3 heteroatoms. The van der Waals surface area contributed by atoms with Crippen molar-refractivity contribution in [1.82, 2.24) is 0 Å². The minimum atomic E-state index is -0.247. The molecule has 2 nitrogen and oxygen atoms in total. The molecule has 0 heterocycles. The van der Waals surface area contributed by atoms with Crippen LogP contribution in [0, 0.1) is 11.2 Å². The highest BCUT2D eigenvalue weighted by Crippen LogP contribution is 2.31. The van der Waals surface area contributed by atoms with Crippen molar-refractivity contribution < 1.29 is 14.2 Å². The molecule has 0 aliphatic rings. The van der Waals surface area contributed by atoms with Crippen LogP contribution in [0.15, 0.2) is 24.3 Å². The summed E-state index contributed by atoms with van der Waals surface area (Å²) < 4.78 is 17.9. The summed E-state index contributed by atoms with van der Waals surface area (Å²) in [5, 5.41) is 9.42. The van der Waals surface area contributed by atoms with E-state index < -0.39 is 0 Å². The lowest BCUT2D eigenvalue weighted by atomic mass is 9.80. The first-order valence-corrected chi connectivity index (χ1v) is 5.86. The van der Waals surface area contributed by atoms with Gasteiger partial charge in [0.1, 0.15) is 5.82 Å². The van der Waals surface area contributed by atoms with Gasteiger partial charge in [-0.25, -0.2) is 4.39 Å². The number of aliphatic hydroxyl groups excluding tert-OH is 1. The molecule has 0 aliphatic heterocycles. The second-order valence-electron chi connectivity index (χ2n) is 5.06. The Morgan fingerprint density at radius 1 is 1.35 bits per heavy atom. The van der Waals surface area contributed by atoms with E-state index in [0.717, 1.165) is 12.0 Å². The predicted octanol–water partition coefficient (Wildman–Crippen LogP) is 2.96. The molecule has 17 heavy (non-hydrogen) atoms. The highest BCUT2D eigenvalue weighted by atomic mass is 19.1. The van der Waals surface area contributed by atoms with Gasteiger partial charge in [-0.2, -0.15) is 0 Å². The van der Waals surface area contributed by atoms with Gasteiger partial charge in [0.25, 0.3) is 0 Å². The summed E-state index contributed by atoms with van der Waals surface area (Å²) in [6.07, 6.45) is 0.809. The molecule has 0 fully saturated rings. The van der Waals surface area contributed by atoms with Gasteiger partial charge in [-0.1, -0.05) is 26.0 Å². The highest BCUT2D eigenvalue weighted by molar-refractivity contribution is 5.20. The third kappa shape index (κ3) is 4.10. The van der Waals surface area contributed by atoms with Crippen molar-refractivity contribution in [2.24, 2.45) is 5.41 Å². The minimum Gasteiger partial charge on any atom is -0.396 e. The van der Waals surface area contributed by atoms with Crippen LogP contribution in [-0.4, -0.2) is 25.4 Å². The van der Waals surface area contributed by atoms with Gasteiger partial charge in [0.15, 0.2) is 0 Å². The Labute approximate surface area is 102 Å². The lowest BCUT2D eigenvalue weighted by molar-refractivity contribution is 0.0324. The summed E-state index contributed by atoms with van der Waals surface area (Å²) in [5.41, 5.74) is 0.838. The van der Waals surface area contributed by atoms with Crippen LogP contribution in [0.3, 0.4) is 0 Å². The second-order valence-corrected chi connectivity index (χ2v) is 5.06. The molecule has 0 aromatic heterocycles. The standard InChI is InChI=1S/C14H21FO2/c1-11(8-14(2,9-16)10-17-3)12-4-6-13(15)7-5-12/h4-7,11,16H,8-10H2,1-3H3. The number of hydrogen-bond donors (Lipinski definition) is 1. The van der Waals surface area contributed by atoms with E-state index in [-0.39, 0.29) is 23.8 Å². The highest BCUT2D eigenvalue weighted by Gasteiger charge is 2.26. The van der Waals surface area contributed by atoms with Crippen LogP contribution >= 0.6 is 0 Å². The fourth-order valence-corrected chi connectivity index (χ4v) is 2.17. The van der Waals surface area contributed by atoms with E-state index >= 15 is 0 Å². The summed E-state index contributed by atoms with van der Waals surface area (Å²) in [6, 6.07) is 6.53. The SMILES string of the molecule is COCC(C)(CO)CC(C)c1ccc(F)cc1. The van der Waals surface area contributed by atoms with Crippen molar-refractivity contribution in [3.63, 3.8) is 0 Å². The van der Waals surface area contributed by atoms with Crippen molar-refractivity contribution in [3.8, 4) is 0 Å². The van der Waals surface area contributed by atoms with Crippen LogP contribution in [0.5, 0.6) is 0 Å². The number of aliphatic hydroxyl groups is 1. The van der Waals surface area contributed by atoms with E-state index in [1.165, 1.54) is 12.1 Å². The van der Waals surface area contributed by atoms with E-state index in [4.69, 9.17) is 4.74 Å². The third-order valence-electron chi connectivity index (χ3n) is 3.11. The summed E-state index contributed by atoms with van der Waals surface area (Å²) in [4.78, 5) is 0. The average Bonchev–Trinajstić information content (AvgIpc) is 2.30. The Morgan fingerprint density at radius 2 is 1.94 bits per heavy atom. The van der Waals surface area contributed by atoms with Gasteiger partial charge in [-0.15, -0.1) is 0 Å². The minimum absolute atomic E-state index is 0.0897. The topological polar surface area (TPSA) is 29.5 Å². The third-order valence-corrected chi connectivity index (χ3v) is 3.11. The lowest BCUT2D eigenvalue weighted by Crippen LogP contribution is -2.28. The normalized spacial score (nSPS) is 16.5. The van der Waals surface area contributed by atoms with Crippen LogP contribution in [0.4, 0.5) is 4.39 Å². The molecule has 0 radical (unpaired) electrons. The molecule has 1 rings (SSSR count). The zero-order valence-electron chi connectivity index (χ0n) is 10.7. The maximum absolute atomic E-state index is 12.8. The molecule has 96 valence electrons. The van der Waals surface area contributed by atoms with Crippen molar-refractivity contribution >= 4 is 0 Å². The fraction of sp³-hybridized carbons (Fsp3) is 0.571. The zero-order valence-corrected chi connectivity index (χ0v) is 10.7. The Morgan fingerprint density at radius 3 is 2.41 bits per heavy atom. The molecule has 1 aromatic rings. The smallest absolute Gasteiger partial charge is 0.123 e. The zero-order chi connectivity index (χ0) is 12.9. The van der Waals surface area contributed by atoms with Crippen molar-refractivity contribution in [1.29, 1.82) is 0 Å². The molecular formula is C14H21FO2. The molecule has 0 bridgehead atoms. The van der Waals surface area contributed by atoms with E-state index in [9.17, 15) is 9.50 Å². The van der Waals surface area contributed by atoms with Crippen LogP contribution in [0.1, 0.15) is 31.7 Å². The van der Waals surface area contributed by atoms with Gasteiger partial charge < -0.3 is 9.84 Å². The van der Waals surface area contributed by atoms with Gasteiger partial charge >= 0.3 is 0 Å². The summed E-state index contributed by atoms with van der Waals surface area (Å²) in [6.45, 7) is 4.69. The molecular weight excluding hydrogens is 219 g/mol. The first kappa shape index (κ1) is 14.1. The van der Waals surface area contributed by atoms with E-state index in [1.807, 2.05) is 6.92 Å². The van der Waals surface area contributed by atoms with E-state index in [1.54, 1.807) is 19.2 Å². The van der Waals surface area contributed by atoms with Gasteiger partial charge in [0, 0.05) is 12.5 Å².